The van der Waals surface area contributed by atoms with Crippen LogP contribution in [0.2, 0.25) is 0 Å². The van der Waals surface area contributed by atoms with Gasteiger partial charge in [-0.2, -0.15) is 9.61 Å². The minimum absolute atomic E-state index is 0.124. The number of carbonyl (C=O) groups excluding carboxylic acids is 1. The first-order valence-electron chi connectivity index (χ1n) is 11.4. The third-order valence-corrected chi connectivity index (χ3v) is 6.94. The summed E-state index contributed by atoms with van der Waals surface area (Å²) in [6, 6.07) is 16.7. The number of hydrogen-bond acceptors (Lipinski definition) is 7. The Balaban J connectivity index is 1.21. The van der Waals surface area contributed by atoms with Crippen molar-refractivity contribution < 1.29 is 9.53 Å². The van der Waals surface area contributed by atoms with E-state index in [0.29, 0.717) is 43.4 Å². The van der Waals surface area contributed by atoms with Crippen molar-refractivity contribution in [2.45, 2.75) is 13.5 Å². The fourth-order valence-corrected chi connectivity index (χ4v) is 4.89. The number of anilines is 1. The van der Waals surface area contributed by atoms with E-state index >= 15 is 0 Å². The molecule has 0 bridgehead atoms. The van der Waals surface area contributed by atoms with Crippen molar-refractivity contribution >= 4 is 28.0 Å². The lowest BCUT2D eigenvalue weighted by Crippen LogP contribution is -2.49. The Hall–Kier alpha value is -3.76. The number of amides is 2. The Labute approximate surface area is 206 Å². The Kier molecular flexibility index (Phi) is 6.47. The molecule has 180 valence electrons. The predicted octanol–water partition coefficient (Wildman–Crippen LogP) is 3.48. The molecule has 4 aromatic rings. The lowest BCUT2D eigenvalue weighted by Gasteiger charge is -2.34. The van der Waals surface area contributed by atoms with Crippen molar-refractivity contribution in [1.82, 2.24) is 24.4 Å². The molecule has 1 N–H and O–H groups in total. The molecule has 1 aliphatic rings. The average molecular weight is 491 g/mol. The van der Waals surface area contributed by atoms with Gasteiger partial charge in [0.25, 0.3) is 5.56 Å². The van der Waals surface area contributed by atoms with E-state index in [1.54, 1.807) is 18.1 Å². The topological polar surface area (TPSA) is 92.1 Å². The molecule has 35 heavy (non-hydrogen) atoms. The van der Waals surface area contributed by atoms with Crippen LogP contribution in [-0.4, -0.2) is 63.7 Å². The molecule has 2 aromatic carbocycles. The maximum atomic E-state index is 12.7. The maximum Gasteiger partial charge on any atom is 0.321 e. The van der Waals surface area contributed by atoms with Gasteiger partial charge in [-0.1, -0.05) is 41.2 Å². The van der Waals surface area contributed by atoms with E-state index in [9.17, 15) is 9.59 Å². The Bertz CT molecular complexity index is 1390. The zero-order valence-corrected chi connectivity index (χ0v) is 20.4. The maximum absolute atomic E-state index is 12.7. The van der Waals surface area contributed by atoms with Crippen LogP contribution in [0.15, 0.2) is 59.4 Å². The molecule has 0 unspecified atom stereocenters. The lowest BCUT2D eigenvalue weighted by atomic mass is 10.2. The highest BCUT2D eigenvalue weighted by atomic mass is 32.1. The second-order valence-corrected chi connectivity index (χ2v) is 9.43. The van der Waals surface area contributed by atoms with Crippen LogP contribution in [0.4, 0.5) is 10.5 Å². The van der Waals surface area contributed by atoms with E-state index in [2.05, 4.69) is 15.3 Å². The predicted molar refractivity (Wildman–Crippen MR) is 136 cm³/mol. The number of ether oxygens (including phenoxy) is 1. The molecule has 9 nitrogen and oxygen atoms in total. The largest absolute Gasteiger partial charge is 0.497 e. The van der Waals surface area contributed by atoms with Crippen LogP contribution < -0.4 is 15.6 Å². The molecule has 3 heterocycles. The molecule has 0 atom stereocenters. The van der Waals surface area contributed by atoms with Gasteiger partial charge in [-0.25, -0.2) is 9.78 Å². The number of carbonyl (C=O) groups is 1. The number of urea groups is 1. The molecule has 1 aliphatic heterocycles. The monoisotopic (exact) mass is 490 g/mol. The van der Waals surface area contributed by atoms with Gasteiger partial charge >= 0.3 is 6.03 Å². The normalized spacial score (nSPS) is 14.3. The van der Waals surface area contributed by atoms with Gasteiger partial charge in [0, 0.05) is 50.0 Å². The number of hydrogen-bond donors (Lipinski definition) is 1. The minimum Gasteiger partial charge on any atom is -0.497 e. The van der Waals surface area contributed by atoms with Crippen molar-refractivity contribution in [2.24, 2.45) is 0 Å². The van der Waals surface area contributed by atoms with Gasteiger partial charge in [0.1, 0.15) is 10.8 Å². The van der Waals surface area contributed by atoms with E-state index < -0.39 is 0 Å². The summed E-state index contributed by atoms with van der Waals surface area (Å²) in [5.41, 5.74) is 3.40. The van der Waals surface area contributed by atoms with E-state index in [1.165, 1.54) is 21.4 Å². The summed E-state index contributed by atoms with van der Waals surface area (Å²) in [5, 5.41) is 8.15. The smallest absolute Gasteiger partial charge is 0.321 e. The summed E-state index contributed by atoms with van der Waals surface area (Å²) in [6.07, 6.45) is 0. The van der Waals surface area contributed by atoms with E-state index in [-0.39, 0.29) is 11.6 Å². The summed E-state index contributed by atoms with van der Waals surface area (Å²) in [4.78, 5) is 34.6. The second-order valence-electron chi connectivity index (χ2n) is 8.48. The third kappa shape index (κ3) is 5.18. The number of rotatable bonds is 5. The molecule has 0 radical (unpaired) electrons. The fraction of sp³-hybridized carbons (Fsp3) is 0.280. The van der Waals surface area contributed by atoms with Crippen molar-refractivity contribution in [3.63, 3.8) is 0 Å². The molecule has 0 aliphatic carbocycles. The van der Waals surface area contributed by atoms with Crippen molar-refractivity contribution in [3.05, 3.63) is 76.2 Å². The SMILES string of the molecule is COc1ccc(NC(=O)N2CCN(Cc3cc(=O)n4nc(-c5ccc(C)cc5)sc4n3)CC2)cc1. The third-order valence-electron chi connectivity index (χ3n) is 5.98. The second kappa shape index (κ2) is 9.85. The quantitative estimate of drug-likeness (QED) is 0.461. The highest BCUT2D eigenvalue weighted by Crippen LogP contribution is 2.24. The van der Waals surface area contributed by atoms with Crippen LogP contribution in [0.1, 0.15) is 11.3 Å². The van der Waals surface area contributed by atoms with Crippen LogP contribution in [0.25, 0.3) is 15.5 Å². The number of benzene rings is 2. The molecule has 0 spiro atoms. The van der Waals surface area contributed by atoms with Gasteiger partial charge in [0.05, 0.1) is 12.8 Å². The Morgan fingerprint density at radius 2 is 1.77 bits per heavy atom. The highest BCUT2D eigenvalue weighted by molar-refractivity contribution is 7.19. The van der Waals surface area contributed by atoms with Crippen LogP contribution in [0.5, 0.6) is 5.75 Å². The molecule has 2 amide bonds. The molecular weight excluding hydrogens is 464 g/mol. The summed E-state index contributed by atoms with van der Waals surface area (Å²) in [7, 11) is 1.61. The Morgan fingerprint density at radius 1 is 1.06 bits per heavy atom. The van der Waals surface area contributed by atoms with Gasteiger partial charge in [0.15, 0.2) is 0 Å². The van der Waals surface area contributed by atoms with Gasteiger partial charge in [-0.15, -0.1) is 0 Å². The van der Waals surface area contributed by atoms with E-state index in [4.69, 9.17) is 9.72 Å². The summed E-state index contributed by atoms with van der Waals surface area (Å²) in [5.74, 6) is 0.743. The molecule has 5 rings (SSSR count). The number of nitrogens with zero attached hydrogens (tertiary/aromatic N) is 5. The van der Waals surface area contributed by atoms with Crippen LogP contribution in [0, 0.1) is 6.92 Å². The molecular formula is C25H26N6O3S. The fourth-order valence-electron chi connectivity index (χ4n) is 3.97. The molecule has 10 heteroatoms. The molecule has 0 saturated carbocycles. The molecule has 2 aromatic heterocycles. The van der Waals surface area contributed by atoms with E-state index in [1.807, 2.05) is 55.5 Å². The number of nitrogens with one attached hydrogen (secondary N) is 1. The van der Waals surface area contributed by atoms with Crippen LogP contribution in [-0.2, 0) is 6.54 Å². The van der Waals surface area contributed by atoms with Crippen molar-refractivity contribution in [1.29, 1.82) is 0 Å². The number of piperazine rings is 1. The summed E-state index contributed by atoms with van der Waals surface area (Å²) < 4.78 is 6.52. The van der Waals surface area contributed by atoms with Crippen LogP contribution in [0.3, 0.4) is 0 Å². The zero-order valence-electron chi connectivity index (χ0n) is 19.6. The van der Waals surface area contributed by atoms with Gasteiger partial charge in [-0.05, 0) is 31.2 Å². The number of aryl methyl sites for hydroxylation is 1. The van der Waals surface area contributed by atoms with Gasteiger partial charge in [-0.3, -0.25) is 9.69 Å². The van der Waals surface area contributed by atoms with Crippen molar-refractivity contribution in [3.8, 4) is 16.3 Å². The van der Waals surface area contributed by atoms with E-state index in [0.717, 1.165) is 22.0 Å². The lowest BCUT2D eigenvalue weighted by molar-refractivity contribution is 0.142. The van der Waals surface area contributed by atoms with Gasteiger partial charge < -0.3 is 15.0 Å². The number of methoxy groups -OCH3 is 1. The Morgan fingerprint density at radius 3 is 2.46 bits per heavy atom. The first-order chi connectivity index (χ1) is 17.0. The summed E-state index contributed by atoms with van der Waals surface area (Å²) in [6.45, 7) is 5.19. The van der Waals surface area contributed by atoms with Crippen LogP contribution >= 0.6 is 11.3 Å². The number of fused-ring (bicyclic) bond motifs is 1. The summed E-state index contributed by atoms with van der Waals surface area (Å²) >= 11 is 1.41. The minimum atomic E-state index is -0.183. The first kappa shape index (κ1) is 23.0. The average Bonchev–Trinajstić information content (AvgIpc) is 3.30. The van der Waals surface area contributed by atoms with Gasteiger partial charge in [0.2, 0.25) is 4.96 Å². The highest BCUT2D eigenvalue weighted by Gasteiger charge is 2.22. The zero-order chi connectivity index (χ0) is 24.4. The first-order valence-corrected chi connectivity index (χ1v) is 12.2. The van der Waals surface area contributed by atoms with Crippen molar-refractivity contribution in [2.75, 3.05) is 38.6 Å². The standard InChI is InChI=1S/C25H26N6O3S/c1-17-3-5-18(6-4-17)23-28-31-22(32)15-20(27-25(31)35-23)16-29-11-13-30(14-12-29)24(33)26-19-7-9-21(34-2)10-8-19/h3-10,15H,11-14,16H2,1-2H3,(H,26,33). The number of aromatic nitrogens is 3. The molecule has 1 fully saturated rings. The molecule has 1 saturated heterocycles.